The van der Waals surface area contributed by atoms with Crippen molar-refractivity contribution in [2.75, 3.05) is 6.61 Å². The molecule has 0 aliphatic heterocycles. The number of para-hydroxylation sites is 2. The van der Waals surface area contributed by atoms with Crippen LogP contribution in [0.25, 0.3) is 0 Å². The van der Waals surface area contributed by atoms with Crippen molar-refractivity contribution < 1.29 is 29.6 Å². The molecule has 0 saturated carbocycles. The summed E-state index contributed by atoms with van der Waals surface area (Å²) in [6, 6.07) is 13.8. The molecule has 0 bridgehead atoms. The second-order valence-electron chi connectivity index (χ2n) is 7.05. The quantitative estimate of drug-likeness (QED) is 0.540. The van der Waals surface area contributed by atoms with Crippen LogP contribution in [0, 0.1) is 5.92 Å². The fourth-order valence-electron chi connectivity index (χ4n) is 2.40. The van der Waals surface area contributed by atoms with Crippen LogP contribution in [-0.2, 0) is 27.2 Å². The molecular weight excluding hydrogens is 372 g/mol. The van der Waals surface area contributed by atoms with Crippen molar-refractivity contribution in [3.8, 4) is 11.5 Å². The predicted octanol–water partition coefficient (Wildman–Crippen LogP) is 4.32. The van der Waals surface area contributed by atoms with Gasteiger partial charge in [0.2, 0.25) is 0 Å². The Morgan fingerprint density at radius 2 is 1.34 bits per heavy atom. The van der Waals surface area contributed by atoms with Crippen LogP contribution in [0.15, 0.2) is 48.5 Å². The lowest BCUT2D eigenvalue weighted by atomic mass is 10.1. The van der Waals surface area contributed by atoms with E-state index >= 15 is 0 Å². The number of phenols is 2. The third-order valence-corrected chi connectivity index (χ3v) is 4.15. The van der Waals surface area contributed by atoms with Crippen LogP contribution in [0.4, 0.5) is 0 Å². The van der Waals surface area contributed by atoms with Crippen LogP contribution in [0.1, 0.15) is 44.2 Å². The van der Waals surface area contributed by atoms with E-state index < -0.39 is 5.97 Å². The number of aliphatic carboxylic acids is 1. The molecule has 2 aromatic carbocycles. The number of ether oxygens (including phenoxy) is 1. The summed E-state index contributed by atoms with van der Waals surface area (Å²) < 4.78 is 5.09. The molecule has 0 unspecified atom stereocenters. The zero-order valence-corrected chi connectivity index (χ0v) is 17.0. The van der Waals surface area contributed by atoms with Gasteiger partial charge in [-0.1, -0.05) is 50.2 Å². The van der Waals surface area contributed by atoms with Crippen molar-refractivity contribution in [1.29, 1.82) is 0 Å². The molecule has 3 N–H and O–H groups in total. The first-order chi connectivity index (χ1) is 13.8. The number of benzene rings is 2. The van der Waals surface area contributed by atoms with Gasteiger partial charge in [0.15, 0.2) is 0 Å². The van der Waals surface area contributed by atoms with Crippen LogP contribution < -0.4 is 0 Å². The van der Waals surface area contributed by atoms with Crippen LogP contribution >= 0.6 is 0 Å². The monoisotopic (exact) mass is 402 g/mol. The standard InChI is InChI=1S/C14H20O3.C9H10O3/c1-11(2)9-10-17-14(16)8-7-12-5-3-4-6-13(12)15;10-8-4-2-1-3-7(8)5-6-9(11)12/h3-6,11,15H,7-10H2,1-2H3;1-4,10H,5-6H2,(H,11,12). The number of carbonyl (C=O) groups is 2. The molecule has 2 aromatic rings. The average molecular weight is 402 g/mol. The number of rotatable bonds is 9. The summed E-state index contributed by atoms with van der Waals surface area (Å²) in [7, 11) is 0. The van der Waals surface area contributed by atoms with Gasteiger partial charge in [-0.15, -0.1) is 0 Å². The van der Waals surface area contributed by atoms with E-state index in [0.717, 1.165) is 12.0 Å². The molecule has 0 aliphatic rings. The molecule has 2 rings (SSSR count). The van der Waals surface area contributed by atoms with Gasteiger partial charge in [0.05, 0.1) is 6.61 Å². The molecule has 0 heterocycles. The van der Waals surface area contributed by atoms with Crippen molar-refractivity contribution >= 4 is 11.9 Å². The molecule has 29 heavy (non-hydrogen) atoms. The first-order valence-electron chi connectivity index (χ1n) is 9.70. The molecule has 6 heteroatoms. The third-order valence-electron chi connectivity index (χ3n) is 4.15. The first kappa shape index (κ1) is 24.0. The maximum absolute atomic E-state index is 11.4. The van der Waals surface area contributed by atoms with Crippen LogP contribution in [0.3, 0.4) is 0 Å². The predicted molar refractivity (Wildman–Crippen MR) is 111 cm³/mol. The molecule has 0 atom stereocenters. The number of hydrogen-bond donors (Lipinski definition) is 3. The van der Waals surface area contributed by atoms with Crippen molar-refractivity contribution in [2.24, 2.45) is 5.92 Å². The Hall–Kier alpha value is -3.02. The van der Waals surface area contributed by atoms with Gasteiger partial charge in [0.25, 0.3) is 0 Å². The fourth-order valence-corrected chi connectivity index (χ4v) is 2.40. The SMILES string of the molecule is CC(C)CCOC(=O)CCc1ccccc1O.O=C(O)CCc1ccccc1O. The van der Waals surface area contributed by atoms with Crippen molar-refractivity contribution in [3.63, 3.8) is 0 Å². The number of hydrogen-bond acceptors (Lipinski definition) is 5. The lowest BCUT2D eigenvalue weighted by Crippen LogP contribution is -2.08. The molecule has 0 spiro atoms. The maximum Gasteiger partial charge on any atom is 0.306 e. The zero-order valence-electron chi connectivity index (χ0n) is 17.0. The Bertz CT molecular complexity index is 769. The van der Waals surface area contributed by atoms with Gasteiger partial charge < -0.3 is 20.1 Å². The minimum Gasteiger partial charge on any atom is -0.508 e. The number of esters is 1. The van der Waals surface area contributed by atoms with Crippen LogP contribution in [0.2, 0.25) is 0 Å². The molecule has 0 fully saturated rings. The number of phenolic OH excluding ortho intramolecular Hbond substituents is 2. The highest BCUT2D eigenvalue weighted by Gasteiger charge is 2.06. The summed E-state index contributed by atoms with van der Waals surface area (Å²) in [5.74, 6) is -0.102. The normalized spacial score (nSPS) is 10.2. The Morgan fingerprint density at radius 1 is 0.862 bits per heavy atom. The van der Waals surface area contributed by atoms with Crippen molar-refractivity contribution in [2.45, 2.75) is 46.0 Å². The summed E-state index contributed by atoms with van der Waals surface area (Å²) in [4.78, 5) is 21.6. The highest BCUT2D eigenvalue weighted by molar-refractivity contribution is 5.69. The minimum absolute atomic E-state index is 0.0531. The fraction of sp³-hybridized carbons (Fsp3) is 0.391. The van der Waals surface area contributed by atoms with E-state index in [1.54, 1.807) is 36.4 Å². The maximum atomic E-state index is 11.4. The van der Waals surface area contributed by atoms with Gasteiger partial charge in [-0.3, -0.25) is 9.59 Å². The van der Waals surface area contributed by atoms with E-state index in [9.17, 15) is 19.8 Å². The largest absolute Gasteiger partial charge is 0.508 e. The first-order valence-corrected chi connectivity index (χ1v) is 9.70. The van der Waals surface area contributed by atoms with Crippen LogP contribution in [0.5, 0.6) is 11.5 Å². The van der Waals surface area contributed by atoms with E-state index in [4.69, 9.17) is 9.84 Å². The number of carboxylic acids is 1. The molecule has 0 amide bonds. The van der Waals surface area contributed by atoms with E-state index in [-0.39, 0.29) is 23.9 Å². The van der Waals surface area contributed by atoms with E-state index in [2.05, 4.69) is 13.8 Å². The Morgan fingerprint density at radius 3 is 1.79 bits per heavy atom. The van der Waals surface area contributed by atoms with Crippen LogP contribution in [-0.4, -0.2) is 33.9 Å². The topological polar surface area (TPSA) is 104 Å². The molecule has 158 valence electrons. The van der Waals surface area contributed by atoms with Crippen molar-refractivity contribution in [3.05, 3.63) is 59.7 Å². The summed E-state index contributed by atoms with van der Waals surface area (Å²) in [5, 5.41) is 27.1. The zero-order chi connectivity index (χ0) is 21.6. The lowest BCUT2D eigenvalue weighted by molar-refractivity contribution is -0.144. The summed E-state index contributed by atoms with van der Waals surface area (Å²) in [6.07, 6.45) is 2.16. The molecule has 6 nitrogen and oxygen atoms in total. The van der Waals surface area contributed by atoms with Gasteiger partial charge in [0, 0.05) is 12.8 Å². The van der Waals surface area contributed by atoms with E-state index in [0.29, 0.717) is 37.4 Å². The number of carboxylic acid groups (broad SMARTS) is 1. The molecule has 0 saturated heterocycles. The van der Waals surface area contributed by atoms with Gasteiger partial charge in [-0.05, 0) is 48.4 Å². The van der Waals surface area contributed by atoms with Crippen molar-refractivity contribution in [1.82, 2.24) is 0 Å². The number of aryl methyl sites for hydroxylation is 2. The molecule has 0 aliphatic carbocycles. The molecule has 0 radical (unpaired) electrons. The smallest absolute Gasteiger partial charge is 0.306 e. The van der Waals surface area contributed by atoms with Gasteiger partial charge >= 0.3 is 11.9 Å². The third kappa shape index (κ3) is 10.8. The Labute approximate surface area is 171 Å². The summed E-state index contributed by atoms with van der Waals surface area (Å²) >= 11 is 0. The van der Waals surface area contributed by atoms with Gasteiger partial charge in [0.1, 0.15) is 11.5 Å². The number of carbonyl (C=O) groups excluding carboxylic acids is 1. The lowest BCUT2D eigenvalue weighted by Gasteiger charge is -2.07. The Balaban J connectivity index is 0.000000308. The average Bonchev–Trinajstić information content (AvgIpc) is 2.67. The summed E-state index contributed by atoms with van der Waals surface area (Å²) in [6.45, 7) is 4.67. The highest BCUT2D eigenvalue weighted by Crippen LogP contribution is 2.18. The van der Waals surface area contributed by atoms with Gasteiger partial charge in [-0.25, -0.2) is 0 Å². The molecule has 0 aromatic heterocycles. The van der Waals surface area contributed by atoms with E-state index in [1.165, 1.54) is 0 Å². The molecular formula is C23H30O6. The second kappa shape index (κ2) is 13.2. The Kier molecular flexibility index (Phi) is 10.9. The second-order valence-corrected chi connectivity index (χ2v) is 7.05. The minimum atomic E-state index is -0.849. The van der Waals surface area contributed by atoms with E-state index in [1.807, 2.05) is 12.1 Å². The number of aromatic hydroxyl groups is 2. The van der Waals surface area contributed by atoms with Gasteiger partial charge in [-0.2, -0.15) is 0 Å². The summed E-state index contributed by atoms with van der Waals surface area (Å²) in [5.41, 5.74) is 1.47. The highest BCUT2D eigenvalue weighted by atomic mass is 16.5.